The quantitative estimate of drug-likeness (QED) is 0.699. The van der Waals surface area contributed by atoms with Gasteiger partial charge in [-0.1, -0.05) is 5.16 Å². The fraction of sp³-hybridized carbons (Fsp3) is 0.467. The molecule has 0 bridgehead atoms. The number of hydrogen-bond donors (Lipinski definition) is 0. The van der Waals surface area contributed by atoms with Crippen LogP contribution in [0.15, 0.2) is 27.4 Å². The molecule has 1 unspecified atom stereocenters. The third-order valence-corrected chi connectivity index (χ3v) is 3.97. The van der Waals surface area contributed by atoms with Crippen molar-refractivity contribution < 1.29 is 22.1 Å². The van der Waals surface area contributed by atoms with Gasteiger partial charge in [-0.15, -0.1) is 0 Å². The molecule has 1 aliphatic rings. The monoisotopic (exact) mass is 353 g/mol. The predicted octanol–water partition coefficient (Wildman–Crippen LogP) is 3.35. The van der Waals surface area contributed by atoms with Crippen molar-refractivity contribution >= 4 is 0 Å². The minimum absolute atomic E-state index is 0.175. The van der Waals surface area contributed by atoms with Crippen LogP contribution in [-0.4, -0.2) is 24.9 Å². The molecular weight excluding hydrogens is 339 g/mol. The zero-order valence-electron chi connectivity index (χ0n) is 13.2. The Morgan fingerprint density at radius 1 is 1.36 bits per heavy atom. The fourth-order valence-electron chi connectivity index (χ4n) is 2.41. The fourth-order valence-corrected chi connectivity index (χ4v) is 2.41. The maximum absolute atomic E-state index is 12.6. The molecule has 0 spiro atoms. The van der Waals surface area contributed by atoms with Crippen LogP contribution in [-0.2, 0) is 12.6 Å². The smallest absolute Gasteiger partial charge is 0.435 e. The summed E-state index contributed by atoms with van der Waals surface area (Å²) in [5, 5.41) is 7.36. The summed E-state index contributed by atoms with van der Waals surface area (Å²) in [4.78, 5) is 8.43. The number of rotatable bonds is 5. The lowest BCUT2D eigenvalue weighted by atomic mass is 10.3. The molecule has 1 fully saturated rings. The van der Waals surface area contributed by atoms with Crippen LogP contribution in [0.2, 0.25) is 0 Å². The summed E-state index contributed by atoms with van der Waals surface area (Å²) in [6, 6.07) is 0.288. The van der Waals surface area contributed by atoms with Gasteiger partial charge in [0.15, 0.2) is 17.4 Å². The summed E-state index contributed by atoms with van der Waals surface area (Å²) >= 11 is 0. The van der Waals surface area contributed by atoms with E-state index in [4.69, 9.17) is 8.94 Å². The van der Waals surface area contributed by atoms with Crippen LogP contribution in [0.25, 0.3) is 0 Å². The van der Waals surface area contributed by atoms with E-state index in [1.165, 1.54) is 6.20 Å². The molecule has 1 saturated carbocycles. The molecule has 3 heterocycles. The Kier molecular flexibility index (Phi) is 3.62. The summed E-state index contributed by atoms with van der Waals surface area (Å²) in [7, 11) is 0. The zero-order chi connectivity index (χ0) is 17.6. The van der Waals surface area contributed by atoms with Crippen molar-refractivity contribution in [1.82, 2.24) is 24.9 Å². The van der Waals surface area contributed by atoms with Crippen molar-refractivity contribution in [3.8, 4) is 0 Å². The minimum Gasteiger partial charge on any atom is -0.445 e. The van der Waals surface area contributed by atoms with Crippen LogP contribution >= 0.6 is 0 Å². The van der Waals surface area contributed by atoms with Gasteiger partial charge in [-0.25, -0.2) is 4.98 Å². The normalized spacial score (nSPS) is 16.3. The van der Waals surface area contributed by atoms with Gasteiger partial charge in [0.1, 0.15) is 11.8 Å². The average molecular weight is 353 g/mol. The first kappa shape index (κ1) is 15.9. The maximum Gasteiger partial charge on any atom is 0.435 e. The van der Waals surface area contributed by atoms with Gasteiger partial charge in [0.2, 0.25) is 0 Å². The second-order valence-corrected chi connectivity index (χ2v) is 6.02. The van der Waals surface area contributed by atoms with Crippen LogP contribution in [0.4, 0.5) is 13.2 Å². The standard InChI is InChI=1S/C15H14F3N5O2/c1-8(23-5-4-11(21-23)15(16,17)18)13-20-12(22-25-13)6-10-7-19-14(24-10)9-2-3-9/h4-5,7-9H,2-3,6H2,1H3. The molecule has 0 aliphatic heterocycles. The van der Waals surface area contributed by atoms with Gasteiger partial charge >= 0.3 is 6.18 Å². The van der Waals surface area contributed by atoms with Crippen molar-refractivity contribution in [3.05, 3.63) is 47.5 Å². The van der Waals surface area contributed by atoms with E-state index in [9.17, 15) is 13.2 Å². The van der Waals surface area contributed by atoms with Gasteiger partial charge in [0, 0.05) is 12.1 Å². The SMILES string of the molecule is CC(c1nc(Cc2cnc(C3CC3)o2)no1)n1ccc(C(F)(F)F)n1. The van der Waals surface area contributed by atoms with Crippen LogP contribution in [0, 0.1) is 0 Å². The molecule has 7 nitrogen and oxygen atoms in total. The first-order chi connectivity index (χ1) is 11.9. The van der Waals surface area contributed by atoms with Gasteiger partial charge in [-0.2, -0.15) is 23.3 Å². The number of oxazole rings is 1. The van der Waals surface area contributed by atoms with E-state index >= 15 is 0 Å². The van der Waals surface area contributed by atoms with Crippen LogP contribution < -0.4 is 0 Å². The first-order valence-corrected chi connectivity index (χ1v) is 7.79. The molecule has 1 aliphatic carbocycles. The van der Waals surface area contributed by atoms with Gasteiger partial charge < -0.3 is 8.94 Å². The number of alkyl halides is 3. The van der Waals surface area contributed by atoms with Crippen molar-refractivity contribution in [2.24, 2.45) is 0 Å². The molecule has 0 saturated heterocycles. The molecular formula is C15H14F3N5O2. The third-order valence-electron chi connectivity index (χ3n) is 3.97. The van der Waals surface area contributed by atoms with Gasteiger partial charge in [0.25, 0.3) is 5.89 Å². The Labute approximate surface area is 139 Å². The zero-order valence-corrected chi connectivity index (χ0v) is 13.2. The Hall–Kier alpha value is -2.65. The van der Waals surface area contributed by atoms with E-state index in [0.29, 0.717) is 23.9 Å². The lowest BCUT2D eigenvalue weighted by Gasteiger charge is -2.07. The van der Waals surface area contributed by atoms with Crippen molar-refractivity contribution in [2.45, 2.75) is 44.3 Å². The Balaban J connectivity index is 1.47. The van der Waals surface area contributed by atoms with E-state index in [1.807, 2.05) is 0 Å². The highest BCUT2D eigenvalue weighted by Gasteiger charge is 2.34. The molecule has 25 heavy (non-hydrogen) atoms. The van der Waals surface area contributed by atoms with Crippen molar-refractivity contribution in [3.63, 3.8) is 0 Å². The van der Waals surface area contributed by atoms with E-state index in [-0.39, 0.29) is 5.89 Å². The van der Waals surface area contributed by atoms with Crippen molar-refractivity contribution in [2.75, 3.05) is 0 Å². The maximum atomic E-state index is 12.6. The molecule has 10 heteroatoms. The molecule has 0 aromatic carbocycles. The number of hydrogen-bond acceptors (Lipinski definition) is 6. The highest BCUT2D eigenvalue weighted by molar-refractivity contribution is 5.09. The molecule has 4 rings (SSSR count). The van der Waals surface area contributed by atoms with Gasteiger partial charge in [0.05, 0.1) is 12.6 Å². The lowest BCUT2D eigenvalue weighted by Crippen LogP contribution is -2.11. The second kappa shape index (κ2) is 5.71. The number of nitrogens with zero attached hydrogens (tertiary/aromatic N) is 5. The molecule has 132 valence electrons. The topological polar surface area (TPSA) is 82.8 Å². The van der Waals surface area contributed by atoms with Crippen molar-refractivity contribution in [1.29, 1.82) is 0 Å². The van der Waals surface area contributed by atoms with E-state index in [0.717, 1.165) is 29.5 Å². The molecule has 0 amide bonds. The predicted molar refractivity (Wildman–Crippen MR) is 76.6 cm³/mol. The highest BCUT2D eigenvalue weighted by atomic mass is 19.4. The van der Waals surface area contributed by atoms with E-state index < -0.39 is 17.9 Å². The van der Waals surface area contributed by atoms with E-state index in [2.05, 4.69) is 20.2 Å². The summed E-state index contributed by atoms with van der Waals surface area (Å²) in [6.07, 6.45) is 0.868. The Morgan fingerprint density at radius 3 is 2.84 bits per heavy atom. The summed E-state index contributed by atoms with van der Waals surface area (Å²) in [5.74, 6) is 2.32. The van der Waals surface area contributed by atoms with Crippen LogP contribution in [0.5, 0.6) is 0 Å². The number of halogens is 3. The largest absolute Gasteiger partial charge is 0.445 e. The first-order valence-electron chi connectivity index (χ1n) is 7.79. The lowest BCUT2D eigenvalue weighted by molar-refractivity contribution is -0.141. The average Bonchev–Trinajstić information content (AvgIpc) is 3.00. The summed E-state index contributed by atoms with van der Waals surface area (Å²) < 4.78 is 49.8. The molecule has 3 aromatic heterocycles. The molecule has 1 atom stereocenters. The Bertz CT molecular complexity index is 878. The summed E-state index contributed by atoms with van der Waals surface area (Å²) in [6.45, 7) is 1.63. The summed E-state index contributed by atoms with van der Waals surface area (Å²) in [5.41, 5.74) is -0.964. The number of aromatic nitrogens is 5. The van der Waals surface area contributed by atoms with Crippen LogP contribution in [0.3, 0.4) is 0 Å². The minimum atomic E-state index is -4.49. The second-order valence-electron chi connectivity index (χ2n) is 6.02. The Morgan fingerprint density at radius 2 is 2.16 bits per heavy atom. The van der Waals surface area contributed by atoms with E-state index in [1.54, 1.807) is 13.1 Å². The third kappa shape index (κ3) is 3.28. The molecule has 0 radical (unpaired) electrons. The van der Waals surface area contributed by atoms with Gasteiger partial charge in [-0.05, 0) is 25.8 Å². The molecule has 0 N–H and O–H groups in total. The van der Waals surface area contributed by atoms with Crippen LogP contribution in [0.1, 0.15) is 60.8 Å². The highest BCUT2D eigenvalue weighted by Crippen LogP contribution is 2.39. The van der Waals surface area contributed by atoms with Gasteiger partial charge in [-0.3, -0.25) is 4.68 Å². The molecule has 3 aromatic rings.